The van der Waals surface area contributed by atoms with E-state index < -0.39 is 5.41 Å². The quantitative estimate of drug-likeness (QED) is 0.785. The molecule has 102 valence electrons. The highest BCUT2D eigenvalue weighted by Gasteiger charge is 2.42. The number of benzene rings is 1. The number of aryl methyl sites for hydroxylation is 1. The van der Waals surface area contributed by atoms with E-state index in [2.05, 4.69) is 0 Å². The van der Waals surface area contributed by atoms with E-state index in [1.807, 2.05) is 25.1 Å². The fourth-order valence-corrected chi connectivity index (χ4v) is 2.77. The van der Waals surface area contributed by atoms with Crippen molar-refractivity contribution >= 4 is 11.6 Å². The number of ketones is 2. The fourth-order valence-electron chi connectivity index (χ4n) is 2.77. The summed E-state index contributed by atoms with van der Waals surface area (Å²) in [6, 6.07) is 5.83. The molecule has 0 bridgehead atoms. The van der Waals surface area contributed by atoms with Crippen molar-refractivity contribution in [3.63, 3.8) is 0 Å². The second-order valence-corrected chi connectivity index (χ2v) is 5.51. The van der Waals surface area contributed by atoms with Crippen LogP contribution in [0.4, 0.5) is 0 Å². The monoisotopic (exact) mass is 260 g/mol. The standard InChI is InChI=1S/C16H20O3/c1-11-9-12(7-8-13(11)19-3)10-16(2)14(17)5-4-6-15(16)18/h7-9H,4-6,10H2,1-3H3. The van der Waals surface area contributed by atoms with Crippen LogP contribution in [0.3, 0.4) is 0 Å². The van der Waals surface area contributed by atoms with E-state index in [0.29, 0.717) is 25.7 Å². The van der Waals surface area contributed by atoms with Gasteiger partial charge in [0.05, 0.1) is 12.5 Å². The van der Waals surface area contributed by atoms with Crippen molar-refractivity contribution in [3.8, 4) is 5.75 Å². The molecule has 0 saturated heterocycles. The maximum atomic E-state index is 12.1. The largest absolute Gasteiger partial charge is 0.496 e. The number of hydrogen-bond acceptors (Lipinski definition) is 3. The zero-order valence-electron chi connectivity index (χ0n) is 11.8. The first-order valence-corrected chi connectivity index (χ1v) is 6.67. The Bertz CT molecular complexity index is 501. The molecule has 1 aromatic rings. The molecule has 0 N–H and O–H groups in total. The molecule has 1 fully saturated rings. The number of ether oxygens (including phenoxy) is 1. The Morgan fingerprint density at radius 3 is 2.37 bits per heavy atom. The predicted octanol–water partition coefficient (Wildman–Crippen LogP) is 2.87. The molecule has 0 radical (unpaired) electrons. The van der Waals surface area contributed by atoms with Crippen molar-refractivity contribution in [2.24, 2.45) is 5.41 Å². The Balaban J connectivity index is 2.26. The molecule has 1 saturated carbocycles. The Morgan fingerprint density at radius 1 is 1.21 bits per heavy atom. The molecule has 2 rings (SSSR count). The number of carbonyl (C=O) groups excluding carboxylic acids is 2. The van der Waals surface area contributed by atoms with E-state index in [1.165, 1.54) is 0 Å². The molecular formula is C16H20O3. The van der Waals surface area contributed by atoms with E-state index in [-0.39, 0.29) is 11.6 Å². The highest BCUT2D eigenvalue weighted by Crippen LogP contribution is 2.34. The van der Waals surface area contributed by atoms with Crippen molar-refractivity contribution in [3.05, 3.63) is 29.3 Å². The van der Waals surface area contributed by atoms with Crippen molar-refractivity contribution in [1.82, 2.24) is 0 Å². The van der Waals surface area contributed by atoms with Gasteiger partial charge in [0.2, 0.25) is 0 Å². The van der Waals surface area contributed by atoms with Gasteiger partial charge in [0.25, 0.3) is 0 Å². The van der Waals surface area contributed by atoms with Crippen molar-refractivity contribution in [2.75, 3.05) is 7.11 Å². The molecule has 19 heavy (non-hydrogen) atoms. The van der Waals surface area contributed by atoms with E-state index in [4.69, 9.17) is 4.74 Å². The lowest BCUT2D eigenvalue weighted by molar-refractivity contribution is -0.142. The summed E-state index contributed by atoms with van der Waals surface area (Å²) in [5.74, 6) is 0.990. The summed E-state index contributed by atoms with van der Waals surface area (Å²) in [7, 11) is 1.64. The normalized spacial score (nSPS) is 18.5. The number of carbonyl (C=O) groups is 2. The highest BCUT2D eigenvalue weighted by atomic mass is 16.5. The van der Waals surface area contributed by atoms with Gasteiger partial charge in [-0.05, 0) is 43.9 Å². The van der Waals surface area contributed by atoms with Crippen LogP contribution >= 0.6 is 0 Å². The van der Waals surface area contributed by atoms with Crippen LogP contribution < -0.4 is 4.74 Å². The maximum Gasteiger partial charge on any atom is 0.146 e. The summed E-state index contributed by atoms with van der Waals surface area (Å²) in [6.45, 7) is 3.76. The Labute approximate surface area is 114 Å². The minimum absolute atomic E-state index is 0.0808. The average Bonchev–Trinajstić information content (AvgIpc) is 2.37. The molecular weight excluding hydrogens is 240 g/mol. The number of hydrogen-bond donors (Lipinski definition) is 0. The summed E-state index contributed by atoms with van der Waals surface area (Å²) in [5.41, 5.74) is 1.21. The Kier molecular flexibility index (Phi) is 3.74. The van der Waals surface area contributed by atoms with Gasteiger partial charge >= 0.3 is 0 Å². The van der Waals surface area contributed by atoms with Gasteiger partial charge in [-0.15, -0.1) is 0 Å². The minimum Gasteiger partial charge on any atom is -0.496 e. The SMILES string of the molecule is COc1ccc(CC2(C)C(=O)CCCC2=O)cc1C. The lowest BCUT2D eigenvalue weighted by Gasteiger charge is -2.30. The minimum atomic E-state index is -0.834. The third kappa shape index (κ3) is 2.55. The first kappa shape index (κ1) is 13.8. The smallest absolute Gasteiger partial charge is 0.146 e. The second-order valence-electron chi connectivity index (χ2n) is 5.51. The van der Waals surface area contributed by atoms with E-state index in [1.54, 1.807) is 14.0 Å². The highest BCUT2D eigenvalue weighted by molar-refractivity contribution is 6.08. The van der Waals surface area contributed by atoms with Crippen molar-refractivity contribution in [1.29, 1.82) is 0 Å². The average molecular weight is 260 g/mol. The van der Waals surface area contributed by atoms with Crippen LogP contribution in [0.5, 0.6) is 5.75 Å². The van der Waals surface area contributed by atoms with Crippen LogP contribution in [0.2, 0.25) is 0 Å². The van der Waals surface area contributed by atoms with Crippen molar-refractivity contribution in [2.45, 2.75) is 39.5 Å². The van der Waals surface area contributed by atoms with Crippen LogP contribution in [0, 0.1) is 12.3 Å². The number of Topliss-reactive ketones (excluding diaryl/α,β-unsaturated/α-hetero) is 2. The number of rotatable bonds is 3. The first-order chi connectivity index (χ1) is 8.97. The summed E-state index contributed by atoms with van der Waals surface area (Å²) in [6.07, 6.45) is 2.25. The van der Waals surface area contributed by atoms with Gasteiger partial charge < -0.3 is 4.74 Å². The van der Waals surface area contributed by atoms with Gasteiger partial charge in [-0.3, -0.25) is 9.59 Å². The van der Waals surface area contributed by atoms with Gasteiger partial charge in [-0.2, -0.15) is 0 Å². The van der Waals surface area contributed by atoms with Crippen LogP contribution in [-0.4, -0.2) is 18.7 Å². The molecule has 0 amide bonds. The molecule has 1 aromatic carbocycles. The van der Waals surface area contributed by atoms with Gasteiger partial charge in [-0.25, -0.2) is 0 Å². The summed E-state index contributed by atoms with van der Waals surface area (Å²) in [4.78, 5) is 24.2. The summed E-state index contributed by atoms with van der Waals surface area (Å²) in [5, 5.41) is 0. The molecule has 3 nitrogen and oxygen atoms in total. The molecule has 0 heterocycles. The van der Waals surface area contributed by atoms with E-state index in [9.17, 15) is 9.59 Å². The van der Waals surface area contributed by atoms with Crippen LogP contribution in [-0.2, 0) is 16.0 Å². The molecule has 0 aliphatic heterocycles. The third-order valence-electron chi connectivity index (χ3n) is 4.06. The van der Waals surface area contributed by atoms with Gasteiger partial charge in [0.15, 0.2) is 0 Å². The predicted molar refractivity (Wildman–Crippen MR) is 73.4 cm³/mol. The summed E-state index contributed by atoms with van der Waals surface area (Å²) < 4.78 is 5.22. The summed E-state index contributed by atoms with van der Waals surface area (Å²) >= 11 is 0. The van der Waals surface area contributed by atoms with Gasteiger partial charge in [-0.1, -0.05) is 12.1 Å². The van der Waals surface area contributed by atoms with Gasteiger partial charge in [0, 0.05) is 12.8 Å². The molecule has 0 atom stereocenters. The molecule has 0 unspecified atom stereocenters. The molecule has 1 aliphatic carbocycles. The molecule has 0 spiro atoms. The second kappa shape index (κ2) is 5.16. The zero-order chi connectivity index (χ0) is 14.0. The van der Waals surface area contributed by atoms with Crippen molar-refractivity contribution < 1.29 is 14.3 Å². The Morgan fingerprint density at radius 2 is 1.84 bits per heavy atom. The molecule has 1 aliphatic rings. The Hall–Kier alpha value is -1.64. The van der Waals surface area contributed by atoms with Crippen LogP contribution in [0.1, 0.15) is 37.3 Å². The lowest BCUT2D eigenvalue weighted by atomic mass is 9.70. The van der Waals surface area contributed by atoms with Gasteiger partial charge in [0.1, 0.15) is 17.3 Å². The third-order valence-corrected chi connectivity index (χ3v) is 4.06. The zero-order valence-corrected chi connectivity index (χ0v) is 11.8. The lowest BCUT2D eigenvalue weighted by Crippen LogP contribution is -2.41. The molecule has 3 heteroatoms. The fraction of sp³-hybridized carbons (Fsp3) is 0.500. The maximum absolute atomic E-state index is 12.1. The van der Waals surface area contributed by atoms with Crippen LogP contribution in [0.15, 0.2) is 18.2 Å². The van der Waals surface area contributed by atoms with E-state index in [0.717, 1.165) is 16.9 Å². The van der Waals surface area contributed by atoms with E-state index >= 15 is 0 Å². The molecule has 0 aromatic heterocycles. The topological polar surface area (TPSA) is 43.4 Å². The first-order valence-electron chi connectivity index (χ1n) is 6.67. The van der Waals surface area contributed by atoms with Crippen LogP contribution in [0.25, 0.3) is 0 Å². The number of methoxy groups -OCH3 is 1.